The number of ether oxygens (including phenoxy) is 3. The van der Waals surface area contributed by atoms with Gasteiger partial charge in [0.2, 0.25) is 0 Å². The Labute approximate surface area is 181 Å². The molecule has 0 aromatic carbocycles. The van der Waals surface area contributed by atoms with Gasteiger partial charge in [-0.25, -0.2) is 4.79 Å². The van der Waals surface area contributed by atoms with Gasteiger partial charge in [-0.05, 0) is 25.8 Å². The molecule has 0 spiro atoms. The molecule has 0 N–H and O–H groups in total. The molecule has 0 radical (unpaired) electrons. The number of unbranched alkanes of at least 4 members (excludes halogenated alkanes) is 2. The topological polar surface area (TPSA) is 106 Å². The van der Waals surface area contributed by atoms with Gasteiger partial charge in [0.05, 0.1) is 5.56 Å². The summed E-state index contributed by atoms with van der Waals surface area (Å²) in [4.78, 5) is 49.1. The van der Waals surface area contributed by atoms with Crippen LogP contribution in [0.5, 0.6) is 0 Å². The molecule has 31 heavy (non-hydrogen) atoms. The second-order valence-electron chi connectivity index (χ2n) is 7.68. The molecule has 0 bridgehead atoms. The van der Waals surface area contributed by atoms with Gasteiger partial charge in [-0.3, -0.25) is 19.0 Å². The third-order valence-electron chi connectivity index (χ3n) is 5.00. The second kappa shape index (κ2) is 11.1. The average molecular weight is 437 g/mol. The maximum atomic E-state index is 13.2. The van der Waals surface area contributed by atoms with E-state index in [9.17, 15) is 19.2 Å². The second-order valence-corrected chi connectivity index (χ2v) is 7.68. The van der Waals surface area contributed by atoms with Crippen molar-refractivity contribution in [3.63, 3.8) is 0 Å². The van der Waals surface area contributed by atoms with E-state index in [0.717, 1.165) is 19.3 Å². The molecule has 2 heterocycles. The van der Waals surface area contributed by atoms with Gasteiger partial charge in [0.25, 0.3) is 5.56 Å². The summed E-state index contributed by atoms with van der Waals surface area (Å²) in [6.45, 7) is 8.96. The van der Waals surface area contributed by atoms with Crippen molar-refractivity contribution in [2.45, 2.75) is 91.7 Å². The fraction of sp³-hybridized carbons (Fsp3) is 0.636. The molecule has 1 aromatic heterocycles. The SMILES string of the molecule is CCCCn1cc([C@@H]2C=C(OC(C)=O)[C@@H](OC(C)=O)[C@H](C)O2)c(=O)n(CCCC)c1=O. The fourth-order valence-electron chi connectivity index (χ4n) is 3.44. The van der Waals surface area contributed by atoms with E-state index in [1.165, 1.54) is 35.3 Å². The van der Waals surface area contributed by atoms with Crippen molar-refractivity contribution in [1.82, 2.24) is 9.13 Å². The number of carbonyl (C=O) groups is 2. The van der Waals surface area contributed by atoms with Gasteiger partial charge in [-0.1, -0.05) is 26.7 Å². The van der Waals surface area contributed by atoms with Crippen LogP contribution in [0.2, 0.25) is 0 Å². The van der Waals surface area contributed by atoms with Gasteiger partial charge < -0.3 is 18.8 Å². The highest BCUT2D eigenvalue weighted by atomic mass is 16.6. The van der Waals surface area contributed by atoms with E-state index in [-0.39, 0.29) is 17.0 Å². The summed E-state index contributed by atoms with van der Waals surface area (Å²) < 4.78 is 19.3. The first-order valence-corrected chi connectivity index (χ1v) is 10.8. The Morgan fingerprint density at radius 1 is 1.06 bits per heavy atom. The summed E-state index contributed by atoms with van der Waals surface area (Å²) >= 11 is 0. The summed E-state index contributed by atoms with van der Waals surface area (Å²) in [6, 6.07) is 0. The zero-order valence-corrected chi connectivity index (χ0v) is 18.9. The van der Waals surface area contributed by atoms with E-state index < -0.39 is 35.8 Å². The van der Waals surface area contributed by atoms with Crippen molar-refractivity contribution in [3.8, 4) is 0 Å². The molecule has 1 aliphatic heterocycles. The molecule has 0 saturated carbocycles. The van der Waals surface area contributed by atoms with E-state index in [4.69, 9.17) is 14.2 Å². The number of aryl methyl sites for hydroxylation is 1. The van der Waals surface area contributed by atoms with Gasteiger partial charge in [-0.2, -0.15) is 0 Å². The first-order valence-electron chi connectivity index (χ1n) is 10.8. The Balaban J connectivity index is 2.58. The third kappa shape index (κ3) is 6.16. The van der Waals surface area contributed by atoms with Gasteiger partial charge >= 0.3 is 17.6 Å². The summed E-state index contributed by atoms with van der Waals surface area (Å²) in [5.74, 6) is -1.02. The van der Waals surface area contributed by atoms with E-state index >= 15 is 0 Å². The number of esters is 2. The number of hydrogen-bond acceptors (Lipinski definition) is 7. The number of nitrogens with zero attached hydrogens (tertiary/aromatic N) is 2. The number of rotatable bonds is 9. The highest BCUT2D eigenvalue weighted by Gasteiger charge is 2.36. The summed E-state index contributed by atoms with van der Waals surface area (Å²) in [6.07, 6.45) is 3.76. The first-order chi connectivity index (χ1) is 14.7. The van der Waals surface area contributed by atoms with Gasteiger partial charge in [0, 0.05) is 33.1 Å². The highest BCUT2D eigenvalue weighted by Crippen LogP contribution is 2.31. The third-order valence-corrected chi connectivity index (χ3v) is 5.00. The van der Waals surface area contributed by atoms with Gasteiger partial charge in [0.15, 0.2) is 6.10 Å². The number of carbonyl (C=O) groups excluding carboxylic acids is 2. The minimum Gasteiger partial charge on any atom is -0.452 e. The van der Waals surface area contributed by atoms with Crippen LogP contribution in [-0.4, -0.2) is 33.3 Å². The minimum atomic E-state index is -0.911. The molecular formula is C22H32N2O7. The predicted molar refractivity (Wildman–Crippen MR) is 113 cm³/mol. The van der Waals surface area contributed by atoms with E-state index in [1.54, 1.807) is 6.92 Å². The molecular weight excluding hydrogens is 404 g/mol. The predicted octanol–water partition coefficient (Wildman–Crippen LogP) is 2.45. The lowest BCUT2D eigenvalue weighted by atomic mass is 10.0. The molecule has 0 saturated heterocycles. The Morgan fingerprint density at radius 3 is 2.29 bits per heavy atom. The maximum Gasteiger partial charge on any atom is 0.330 e. The van der Waals surface area contributed by atoms with E-state index in [0.29, 0.717) is 19.5 Å². The van der Waals surface area contributed by atoms with Crippen LogP contribution in [0.3, 0.4) is 0 Å². The Morgan fingerprint density at radius 2 is 1.71 bits per heavy atom. The molecule has 0 aliphatic carbocycles. The minimum absolute atomic E-state index is 0.109. The van der Waals surface area contributed by atoms with Crippen LogP contribution < -0.4 is 11.2 Å². The standard InChI is InChI=1S/C22H32N2O7/c1-6-8-10-23-13-17(21(27)24(22(23)28)11-9-7-2)18-12-19(30-15(4)25)20(14(3)29-18)31-16(5)26/h12-14,18,20H,6-11H2,1-5H3/t14-,18-,20-/m0/s1. The van der Waals surface area contributed by atoms with Crippen LogP contribution in [0.15, 0.2) is 27.6 Å². The molecule has 1 aromatic rings. The van der Waals surface area contributed by atoms with Crippen LogP contribution in [0, 0.1) is 0 Å². The van der Waals surface area contributed by atoms with Crippen molar-refractivity contribution < 1.29 is 23.8 Å². The van der Waals surface area contributed by atoms with Crippen molar-refractivity contribution in [3.05, 3.63) is 44.4 Å². The van der Waals surface area contributed by atoms with Gasteiger partial charge in [-0.15, -0.1) is 0 Å². The Hall–Kier alpha value is -2.68. The van der Waals surface area contributed by atoms with Crippen LogP contribution >= 0.6 is 0 Å². The highest BCUT2D eigenvalue weighted by molar-refractivity contribution is 5.68. The lowest BCUT2D eigenvalue weighted by molar-refractivity contribution is -0.163. The summed E-state index contributed by atoms with van der Waals surface area (Å²) in [5, 5.41) is 0. The summed E-state index contributed by atoms with van der Waals surface area (Å²) in [7, 11) is 0. The molecule has 1 aliphatic rings. The number of aromatic nitrogens is 2. The van der Waals surface area contributed by atoms with Crippen molar-refractivity contribution in [2.24, 2.45) is 0 Å². The van der Waals surface area contributed by atoms with Crippen molar-refractivity contribution >= 4 is 11.9 Å². The molecule has 172 valence electrons. The van der Waals surface area contributed by atoms with Crippen LogP contribution in [0.4, 0.5) is 0 Å². The molecule has 2 rings (SSSR count). The summed E-state index contributed by atoms with van der Waals surface area (Å²) in [5.41, 5.74) is -0.515. The Bertz CT molecular complexity index is 944. The van der Waals surface area contributed by atoms with Crippen LogP contribution in [0.1, 0.15) is 72.0 Å². The average Bonchev–Trinajstić information content (AvgIpc) is 2.69. The number of hydrogen-bond donors (Lipinski definition) is 0. The Kier molecular flexibility index (Phi) is 8.79. The van der Waals surface area contributed by atoms with Crippen LogP contribution in [-0.2, 0) is 36.9 Å². The largest absolute Gasteiger partial charge is 0.452 e. The lowest BCUT2D eigenvalue weighted by Gasteiger charge is -2.33. The van der Waals surface area contributed by atoms with Crippen LogP contribution in [0.25, 0.3) is 0 Å². The quantitative estimate of drug-likeness (QED) is 0.547. The fourth-order valence-corrected chi connectivity index (χ4v) is 3.44. The first kappa shape index (κ1) is 24.6. The van der Waals surface area contributed by atoms with E-state index in [1.807, 2.05) is 13.8 Å². The zero-order chi connectivity index (χ0) is 23.1. The lowest BCUT2D eigenvalue weighted by Crippen LogP contribution is -2.44. The zero-order valence-electron chi connectivity index (χ0n) is 18.9. The molecule has 9 nitrogen and oxygen atoms in total. The molecule has 3 atom stereocenters. The molecule has 9 heteroatoms. The van der Waals surface area contributed by atoms with E-state index in [2.05, 4.69) is 0 Å². The smallest absolute Gasteiger partial charge is 0.330 e. The van der Waals surface area contributed by atoms with Crippen molar-refractivity contribution in [1.29, 1.82) is 0 Å². The molecule has 0 amide bonds. The van der Waals surface area contributed by atoms with Crippen molar-refractivity contribution in [2.75, 3.05) is 0 Å². The molecule has 0 fully saturated rings. The van der Waals surface area contributed by atoms with Gasteiger partial charge in [0.1, 0.15) is 18.0 Å². The normalized spacial score (nSPS) is 20.8. The monoisotopic (exact) mass is 436 g/mol. The molecule has 0 unspecified atom stereocenters. The maximum absolute atomic E-state index is 13.2.